The van der Waals surface area contributed by atoms with Gasteiger partial charge in [-0.15, -0.1) is 0 Å². The summed E-state index contributed by atoms with van der Waals surface area (Å²) in [6.45, 7) is 0. The van der Waals surface area contributed by atoms with Crippen LogP contribution in [0, 0.1) is 0 Å². The molecule has 0 atom stereocenters. The van der Waals surface area contributed by atoms with Crippen LogP contribution >= 0.6 is 0 Å². The van der Waals surface area contributed by atoms with E-state index in [1.807, 2.05) is 30.3 Å². The Morgan fingerprint density at radius 2 is 1.48 bits per heavy atom. The van der Waals surface area contributed by atoms with Crippen LogP contribution < -0.4 is 10.6 Å². The second-order valence-electron chi connectivity index (χ2n) is 4.43. The number of benzene rings is 2. The van der Waals surface area contributed by atoms with Crippen LogP contribution in [0.15, 0.2) is 66.9 Å². The number of nitrogens with zero attached hydrogens (tertiary/aromatic N) is 2. The van der Waals surface area contributed by atoms with Gasteiger partial charge in [0.15, 0.2) is 0 Å². The van der Waals surface area contributed by atoms with E-state index in [1.165, 1.54) is 0 Å². The van der Waals surface area contributed by atoms with Gasteiger partial charge in [-0.25, -0.2) is 4.98 Å². The average molecular weight is 278 g/mol. The number of rotatable bonds is 4. The Labute approximate surface area is 122 Å². The number of hydrogen-bond acceptors (Lipinski definition) is 5. The van der Waals surface area contributed by atoms with E-state index < -0.39 is 0 Å². The largest absolute Gasteiger partial charge is 0.508 e. The number of phenols is 1. The molecule has 3 rings (SSSR count). The van der Waals surface area contributed by atoms with Crippen molar-refractivity contribution in [3.8, 4) is 5.75 Å². The highest BCUT2D eigenvalue weighted by Gasteiger charge is 2.01. The standard InChI is InChI=1S/C16H14N4O/c21-14-8-6-13(7-9-14)19-16-17-11-10-15(20-16)18-12-4-2-1-3-5-12/h1-11,21H,(H2,17,18,19,20). The molecule has 0 aliphatic carbocycles. The minimum absolute atomic E-state index is 0.223. The fourth-order valence-electron chi connectivity index (χ4n) is 1.83. The van der Waals surface area contributed by atoms with E-state index in [9.17, 15) is 5.11 Å². The van der Waals surface area contributed by atoms with E-state index in [1.54, 1.807) is 36.5 Å². The van der Waals surface area contributed by atoms with Gasteiger partial charge in [0.1, 0.15) is 11.6 Å². The van der Waals surface area contributed by atoms with Crippen LogP contribution in [0.5, 0.6) is 5.75 Å². The van der Waals surface area contributed by atoms with Crippen LogP contribution in [0.2, 0.25) is 0 Å². The van der Waals surface area contributed by atoms with Gasteiger partial charge in [0.2, 0.25) is 5.95 Å². The number of anilines is 4. The molecule has 0 amide bonds. The summed E-state index contributed by atoms with van der Waals surface area (Å²) in [5.41, 5.74) is 1.77. The number of nitrogens with one attached hydrogen (secondary N) is 2. The van der Waals surface area contributed by atoms with Crippen LogP contribution in [-0.2, 0) is 0 Å². The van der Waals surface area contributed by atoms with Gasteiger partial charge in [-0.2, -0.15) is 4.98 Å². The predicted molar refractivity (Wildman–Crippen MR) is 83.1 cm³/mol. The van der Waals surface area contributed by atoms with Crippen molar-refractivity contribution in [2.45, 2.75) is 0 Å². The van der Waals surface area contributed by atoms with Gasteiger partial charge < -0.3 is 15.7 Å². The number of aromatic hydroxyl groups is 1. The third-order valence-corrected chi connectivity index (χ3v) is 2.83. The van der Waals surface area contributed by atoms with Gasteiger partial charge in [0.05, 0.1) is 0 Å². The molecule has 0 aliphatic rings. The Bertz CT molecular complexity index is 714. The molecule has 0 unspecified atom stereocenters. The van der Waals surface area contributed by atoms with Gasteiger partial charge in [0, 0.05) is 17.6 Å². The van der Waals surface area contributed by atoms with E-state index in [-0.39, 0.29) is 5.75 Å². The van der Waals surface area contributed by atoms with E-state index in [4.69, 9.17) is 0 Å². The monoisotopic (exact) mass is 278 g/mol. The van der Waals surface area contributed by atoms with Crippen molar-refractivity contribution in [2.75, 3.05) is 10.6 Å². The van der Waals surface area contributed by atoms with Crippen molar-refractivity contribution in [3.63, 3.8) is 0 Å². The highest BCUT2D eigenvalue weighted by molar-refractivity contribution is 5.59. The fourth-order valence-corrected chi connectivity index (χ4v) is 1.83. The van der Waals surface area contributed by atoms with Crippen molar-refractivity contribution < 1.29 is 5.11 Å². The molecule has 5 nitrogen and oxygen atoms in total. The number of aromatic nitrogens is 2. The van der Waals surface area contributed by atoms with Gasteiger partial charge >= 0.3 is 0 Å². The minimum Gasteiger partial charge on any atom is -0.508 e. The molecular weight excluding hydrogens is 264 g/mol. The van der Waals surface area contributed by atoms with Crippen LogP contribution in [-0.4, -0.2) is 15.1 Å². The second kappa shape index (κ2) is 5.92. The zero-order valence-corrected chi connectivity index (χ0v) is 11.2. The minimum atomic E-state index is 0.223. The zero-order valence-electron chi connectivity index (χ0n) is 11.2. The molecule has 5 heteroatoms. The first-order valence-corrected chi connectivity index (χ1v) is 6.51. The molecule has 0 bridgehead atoms. The predicted octanol–water partition coefficient (Wildman–Crippen LogP) is 3.67. The first kappa shape index (κ1) is 12.9. The average Bonchev–Trinajstić information content (AvgIpc) is 2.51. The molecule has 0 spiro atoms. The molecule has 21 heavy (non-hydrogen) atoms. The second-order valence-corrected chi connectivity index (χ2v) is 4.43. The third-order valence-electron chi connectivity index (χ3n) is 2.83. The maximum Gasteiger partial charge on any atom is 0.229 e. The van der Waals surface area contributed by atoms with Crippen LogP contribution in [0.3, 0.4) is 0 Å². The molecule has 1 aromatic heterocycles. The Hall–Kier alpha value is -3.08. The molecule has 3 N–H and O–H groups in total. The molecule has 0 saturated carbocycles. The normalized spacial score (nSPS) is 10.1. The van der Waals surface area contributed by atoms with E-state index in [0.29, 0.717) is 11.8 Å². The van der Waals surface area contributed by atoms with Crippen molar-refractivity contribution >= 4 is 23.1 Å². The highest BCUT2D eigenvalue weighted by atomic mass is 16.3. The van der Waals surface area contributed by atoms with Gasteiger partial charge in [0.25, 0.3) is 0 Å². The molecular formula is C16H14N4O. The molecule has 1 heterocycles. The maximum absolute atomic E-state index is 9.26. The van der Waals surface area contributed by atoms with Crippen molar-refractivity contribution in [1.29, 1.82) is 0 Å². The quantitative estimate of drug-likeness (QED) is 0.635. The summed E-state index contributed by atoms with van der Waals surface area (Å²) in [6.07, 6.45) is 1.68. The molecule has 2 aromatic carbocycles. The van der Waals surface area contributed by atoms with E-state index in [2.05, 4.69) is 20.6 Å². The molecule has 0 saturated heterocycles. The highest BCUT2D eigenvalue weighted by Crippen LogP contribution is 2.19. The summed E-state index contributed by atoms with van der Waals surface area (Å²) in [4.78, 5) is 8.56. The smallest absolute Gasteiger partial charge is 0.229 e. The topological polar surface area (TPSA) is 70.1 Å². The fraction of sp³-hybridized carbons (Fsp3) is 0. The van der Waals surface area contributed by atoms with E-state index >= 15 is 0 Å². The van der Waals surface area contributed by atoms with Crippen molar-refractivity contribution in [1.82, 2.24) is 9.97 Å². The Kier molecular flexibility index (Phi) is 3.64. The molecule has 3 aromatic rings. The first-order chi connectivity index (χ1) is 10.3. The molecule has 0 fully saturated rings. The van der Waals surface area contributed by atoms with Gasteiger partial charge in [-0.05, 0) is 42.5 Å². The lowest BCUT2D eigenvalue weighted by molar-refractivity contribution is 0.475. The molecule has 0 aliphatic heterocycles. The lowest BCUT2D eigenvalue weighted by atomic mass is 10.3. The summed E-state index contributed by atoms with van der Waals surface area (Å²) < 4.78 is 0. The van der Waals surface area contributed by atoms with Gasteiger partial charge in [-0.1, -0.05) is 18.2 Å². The van der Waals surface area contributed by atoms with Crippen LogP contribution in [0.1, 0.15) is 0 Å². The van der Waals surface area contributed by atoms with Crippen molar-refractivity contribution in [3.05, 3.63) is 66.9 Å². The maximum atomic E-state index is 9.26. The summed E-state index contributed by atoms with van der Waals surface area (Å²) >= 11 is 0. The molecule has 0 radical (unpaired) electrons. The Morgan fingerprint density at radius 1 is 0.762 bits per heavy atom. The first-order valence-electron chi connectivity index (χ1n) is 6.51. The number of hydrogen-bond donors (Lipinski definition) is 3. The summed E-state index contributed by atoms with van der Waals surface area (Å²) in [6, 6.07) is 18.3. The van der Waals surface area contributed by atoms with Crippen molar-refractivity contribution in [2.24, 2.45) is 0 Å². The summed E-state index contributed by atoms with van der Waals surface area (Å²) in [5, 5.41) is 15.6. The van der Waals surface area contributed by atoms with Gasteiger partial charge in [-0.3, -0.25) is 0 Å². The summed E-state index contributed by atoms with van der Waals surface area (Å²) in [5.74, 6) is 1.42. The number of para-hydroxylation sites is 1. The Balaban J connectivity index is 1.75. The van der Waals surface area contributed by atoms with E-state index in [0.717, 1.165) is 11.4 Å². The molecule has 104 valence electrons. The van der Waals surface area contributed by atoms with Crippen LogP contribution in [0.25, 0.3) is 0 Å². The lowest BCUT2D eigenvalue weighted by Gasteiger charge is -2.08. The lowest BCUT2D eigenvalue weighted by Crippen LogP contribution is -2.00. The zero-order chi connectivity index (χ0) is 14.5. The van der Waals surface area contributed by atoms with Crippen LogP contribution in [0.4, 0.5) is 23.1 Å². The third kappa shape index (κ3) is 3.48. The summed E-state index contributed by atoms with van der Waals surface area (Å²) in [7, 11) is 0. The number of phenolic OH excluding ortho intramolecular Hbond substituents is 1. The Morgan fingerprint density at radius 3 is 2.24 bits per heavy atom. The SMILES string of the molecule is Oc1ccc(Nc2nccc(Nc3ccccc3)n2)cc1.